The van der Waals surface area contributed by atoms with Crippen LogP contribution in [0.1, 0.15) is 11.1 Å². The fourth-order valence-corrected chi connectivity index (χ4v) is 2.92. The van der Waals surface area contributed by atoms with Gasteiger partial charge in [0.25, 0.3) is 0 Å². The van der Waals surface area contributed by atoms with Crippen LogP contribution in [0.3, 0.4) is 0 Å². The lowest BCUT2D eigenvalue weighted by Crippen LogP contribution is -2.05. The molecule has 0 atom stereocenters. The van der Waals surface area contributed by atoms with Gasteiger partial charge < -0.3 is 28.4 Å². The van der Waals surface area contributed by atoms with Crippen LogP contribution in [0.5, 0.6) is 28.7 Å². The van der Waals surface area contributed by atoms with Gasteiger partial charge in [0.1, 0.15) is 5.75 Å². The Kier molecular flexibility index (Phi) is 4.52. The first-order valence-electron chi connectivity index (χ1n) is 8.36. The highest BCUT2D eigenvalue weighted by Crippen LogP contribution is 2.50. The lowest BCUT2D eigenvalue weighted by Gasteiger charge is -2.11. The second-order valence-electron chi connectivity index (χ2n) is 5.83. The van der Waals surface area contributed by atoms with E-state index in [-0.39, 0.29) is 18.4 Å². The summed E-state index contributed by atoms with van der Waals surface area (Å²) in [5.74, 6) is 2.10. The molecule has 8 heteroatoms. The van der Waals surface area contributed by atoms with E-state index in [2.05, 4.69) is 4.99 Å². The molecule has 0 radical (unpaired) electrons. The molecule has 4 rings (SSSR count). The molecule has 0 aromatic heterocycles. The van der Waals surface area contributed by atoms with Gasteiger partial charge in [0.15, 0.2) is 17.2 Å². The molecular weight excluding hydrogens is 366 g/mol. The Morgan fingerprint density at radius 3 is 2.43 bits per heavy atom. The fraction of sp³-hybridized carbons (Fsp3) is 0.200. The van der Waals surface area contributed by atoms with E-state index in [9.17, 15) is 4.79 Å². The molecule has 144 valence electrons. The van der Waals surface area contributed by atoms with Crippen molar-refractivity contribution in [3.05, 3.63) is 47.2 Å². The number of esters is 1. The van der Waals surface area contributed by atoms with E-state index in [1.807, 2.05) is 0 Å². The molecule has 0 unspecified atom stereocenters. The standard InChI is InChI=1S/C20H17NO7/c1-23-13-6-4-11(5-7-13)19-21-14(20(22)28-19)8-12-9-15(24-2)17-18(16(12)25-3)27-10-26-17/h4-9H,10H2,1-3H3/b14-8-. The normalized spacial score (nSPS) is 16.0. The predicted octanol–water partition coefficient (Wildman–Crippen LogP) is 2.79. The SMILES string of the molecule is COc1ccc(C2=N/C(=C\c3cc(OC)c4c(c3OC)OCO4)C(=O)O2)cc1. The molecule has 2 aliphatic rings. The van der Waals surface area contributed by atoms with Crippen LogP contribution < -0.4 is 23.7 Å². The molecule has 0 saturated carbocycles. The number of cyclic esters (lactones) is 1. The minimum Gasteiger partial charge on any atom is -0.497 e. The number of hydrogen-bond donors (Lipinski definition) is 0. The minimum absolute atomic E-state index is 0.0594. The van der Waals surface area contributed by atoms with Gasteiger partial charge in [0.2, 0.25) is 24.2 Å². The number of rotatable bonds is 5. The lowest BCUT2D eigenvalue weighted by molar-refractivity contribution is -0.129. The Hall–Kier alpha value is -3.68. The summed E-state index contributed by atoms with van der Waals surface area (Å²) in [5, 5.41) is 0. The van der Waals surface area contributed by atoms with Crippen LogP contribution in [0.25, 0.3) is 6.08 Å². The van der Waals surface area contributed by atoms with Gasteiger partial charge in [-0.15, -0.1) is 0 Å². The van der Waals surface area contributed by atoms with E-state index in [4.69, 9.17) is 28.4 Å². The predicted molar refractivity (Wildman–Crippen MR) is 99.3 cm³/mol. The van der Waals surface area contributed by atoms with E-state index >= 15 is 0 Å². The maximum atomic E-state index is 12.3. The van der Waals surface area contributed by atoms with Crippen LogP contribution in [0.15, 0.2) is 41.0 Å². The van der Waals surface area contributed by atoms with Gasteiger partial charge in [-0.05, 0) is 36.4 Å². The van der Waals surface area contributed by atoms with Gasteiger partial charge in [-0.25, -0.2) is 9.79 Å². The van der Waals surface area contributed by atoms with Crippen molar-refractivity contribution in [3.8, 4) is 28.7 Å². The van der Waals surface area contributed by atoms with E-state index in [1.165, 1.54) is 14.2 Å². The van der Waals surface area contributed by atoms with Crippen molar-refractivity contribution < 1.29 is 33.2 Å². The van der Waals surface area contributed by atoms with Crippen LogP contribution in [0.2, 0.25) is 0 Å². The molecule has 2 aliphatic heterocycles. The Balaban J connectivity index is 1.74. The molecule has 0 saturated heterocycles. The summed E-state index contributed by atoms with van der Waals surface area (Å²) in [6.45, 7) is 0.0594. The average Bonchev–Trinajstić information content (AvgIpc) is 3.35. The molecule has 0 N–H and O–H groups in total. The Bertz CT molecular complexity index is 993. The van der Waals surface area contributed by atoms with Crippen molar-refractivity contribution in [3.63, 3.8) is 0 Å². The molecule has 28 heavy (non-hydrogen) atoms. The summed E-state index contributed by atoms with van der Waals surface area (Å²) in [6.07, 6.45) is 1.56. The van der Waals surface area contributed by atoms with Gasteiger partial charge in [-0.2, -0.15) is 0 Å². The summed E-state index contributed by atoms with van der Waals surface area (Å²) in [4.78, 5) is 16.6. The van der Waals surface area contributed by atoms with Gasteiger partial charge >= 0.3 is 5.97 Å². The molecule has 2 heterocycles. The molecule has 2 aromatic carbocycles. The molecule has 0 aliphatic carbocycles. The first-order valence-corrected chi connectivity index (χ1v) is 8.36. The number of fused-ring (bicyclic) bond motifs is 1. The highest BCUT2D eigenvalue weighted by atomic mass is 16.7. The van der Waals surface area contributed by atoms with Crippen LogP contribution >= 0.6 is 0 Å². The molecule has 0 fully saturated rings. The van der Waals surface area contributed by atoms with Crippen molar-refractivity contribution in [2.45, 2.75) is 0 Å². The number of carbonyl (C=O) groups excluding carboxylic acids is 1. The quantitative estimate of drug-likeness (QED) is 0.580. The van der Waals surface area contributed by atoms with Crippen LogP contribution in [0, 0.1) is 0 Å². The second kappa shape index (κ2) is 7.15. The zero-order valence-corrected chi connectivity index (χ0v) is 15.5. The summed E-state index contributed by atoms with van der Waals surface area (Å²) >= 11 is 0. The van der Waals surface area contributed by atoms with E-state index < -0.39 is 5.97 Å². The van der Waals surface area contributed by atoms with Crippen LogP contribution in [0.4, 0.5) is 0 Å². The number of carbonyl (C=O) groups is 1. The molecular formula is C20H17NO7. The van der Waals surface area contributed by atoms with Crippen molar-refractivity contribution in [2.24, 2.45) is 4.99 Å². The third-order valence-corrected chi connectivity index (χ3v) is 4.27. The molecule has 0 amide bonds. The fourth-order valence-electron chi connectivity index (χ4n) is 2.92. The van der Waals surface area contributed by atoms with E-state index in [0.29, 0.717) is 39.9 Å². The number of methoxy groups -OCH3 is 3. The smallest absolute Gasteiger partial charge is 0.363 e. The van der Waals surface area contributed by atoms with Crippen molar-refractivity contribution in [1.29, 1.82) is 0 Å². The van der Waals surface area contributed by atoms with Gasteiger partial charge in [0.05, 0.1) is 21.3 Å². The molecule has 2 aromatic rings. The van der Waals surface area contributed by atoms with Crippen molar-refractivity contribution in [2.75, 3.05) is 28.1 Å². The van der Waals surface area contributed by atoms with Crippen LogP contribution in [-0.2, 0) is 9.53 Å². The third-order valence-electron chi connectivity index (χ3n) is 4.27. The maximum absolute atomic E-state index is 12.3. The van der Waals surface area contributed by atoms with Crippen molar-refractivity contribution >= 4 is 17.9 Å². The minimum atomic E-state index is -0.565. The Morgan fingerprint density at radius 2 is 1.75 bits per heavy atom. The van der Waals surface area contributed by atoms with E-state index in [0.717, 1.165) is 0 Å². The van der Waals surface area contributed by atoms with Crippen LogP contribution in [-0.4, -0.2) is 40.0 Å². The zero-order valence-electron chi connectivity index (χ0n) is 15.5. The summed E-state index contributed by atoms with van der Waals surface area (Å²) in [5.41, 5.74) is 1.34. The monoisotopic (exact) mass is 383 g/mol. The number of ether oxygens (including phenoxy) is 6. The van der Waals surface area contributed by atoms with Gasteiger partial charge in [-0.3, -0.25) is 0 Å². The second-order valence-corrected chi connectivity index (χ2v) is 5.83. The van der Waals surface area contributed by atoms with Crippen molar-refractivity contribution in [1.82, 2.24) is 0 Å². The molecule has 0 bridgehead atoms. The number of aliphatic imine (C=N–C) groups is 1. The first-order chi connectivity index (χ1) is 13.6. The first kappa shape index (κ1) is 17.7. The van der Waals surface area contributed by atoms with Gasteiger partial charge in [0, 0.05) is 11.1 Å². The average molecular weight is 383 g/mol. The summed E-state index contributed by atoms with van der Waals surface area (Å²) in [7, 11) is 4.60. The summed E-state index contributed by atoms with van der Waals surface area (Å²) < 4.78 is 32.1. The highest BCUT2D eigenvalue weighted by molar-refractivity contribution is 6.13. The zero-order chi connectivity index (χ0) is 19.7. The number of nitrogens with zero attached hydrogens (tertiary/aromatic N) is 1. The Labute approximate surface area is 160 Å². The molecule has 8 nitrogen and oxygen atoms in total. The third kappa shape index (κ3) is 2.98. The topological polar surface area (TPSA) is 84.8 Å². The van der Waals surface area contributed by atoms with E-state index in [1.54, 1.807) is 43.5 Å². The maximum Gasteiger partial charge on any atom is 0.363 e. The summed E-state index contributed by atoms with van der Waals surface area (Å²) in [6, 6.07) is 8.74. The largest absolute Gasteiger partial charge is 0.497 e. The highest BCUT2D eigenvalue weighted by Gasteiger charge is 2.29. The Morgan fingerprint density at radius 1 is 1.00 bits per heavy atom. The molecule has 0 spiro atoms. The van der Waals surface area contributed by atoms with Gasteiger partial charge in [-0.1, -0.05) is 0 Å². The lowest BCUT2D eigenvalue weighted by atomic mass is 10.1. The number of benzene rings is 2. The number of hydrogen-bond acceptors (Lipinski definition) is 8.